The molecule has 0 radical (unpaired) electrons. The van der Waals surface area contributed by atoms with Gasteiger partial charge in [0.1, 0.15) is 5.60 Å². The van der Waals surface area contributed by atoms with E-state index in [1.165, 1.54) is 0 Å². The molecule has 0 unspecified atom stereocenters. The SMILES string of the molecule is CC(C)(C)OC(=O)N1CCC[C@@H](c2cccc(-c3ccc(C(=O)O)cc3)n2)C1. The van der Waals surface area contributed by atoms with E-state index >= 15 is 0 Å². The minimum absolute atomic E-state index is 0.152. The van der Waals surface area contributed by atoms with Crippen molar-refractivity contribution in [2.24, 2.45) is 0 Å². The number of aromatic nitrogens is 1. The third-order valence-electron chi connectivity index (χ3n) is 4.69. The third-order valence-corrected chi connectivity index (χ3v) is 4.69. The Morgan fingerprint density at radius 1 is 1.14 bits per heavy atom. The first kappa shape index (κ1) is 19.9. The van der Waals surface area contributed by atoms with Crippen LogP contribution in [0.4, 0.5) is 4.79 Å². The summed E-state index contributed by atoms with van der Waals surface area (Å²) in [7, 11) is 0. The van der Waals surface area contributed by atoms with Gasteiger partial charge >= 0.3 is 12.1 Å². The van der Waals surface area contributed by atoms with Gasteiger partial charge in [-0.3, -0.25) is 4.98 Å². The molecule has 0 aliphatic carbocycles. The largest absolute Gasteiger partial charge is 0.478 e. The topological polar surface area (TPSA) is 79.7 Å². The maximum absolute atomic E-state index is 12.4. The van der Waals surface area contributed by atoms with Crippen molar-refractivity contribution in [3.05, 3.63) is 53.7 Å². The first-order valence-corrected chi connectivity index (χ1v) is 9.51. The minimum Gasteiger partial charge on any atom is -0.478 e. The van der Waals surface area contributed by atoms with E-state index in [9.17, 15) is 9.59 Å². The van der Waals surface area contributed by atoms with Crippen LogP contribution in [0.2, 0.25) is 0 Å². The number of pyridine rings is 1. The Morgan fingerprint density at radius 3 is 2.50 bits per heavy atom. The van der Waals surface area contributed by atoms with Gasteiger partial charge in [-0.1, -0.05) is 18.2 Å². The number of nitrogens with zero attached hydrogens (tertiary/aromatic N) is 2. The van der Waals surface area contributed by atoms with E-state index in [0.29, 0.717) is 13.1 Å². The number of likely N-dealkylation sites (tertiary alicyclic amines) is 1. The summed E-state index contributed by atoms with van der Waals surface area (Å²) >= 11 is 0. The summed E-state index contributed by atoms with van der Waals surface area (Å²) in [6.07, 6.45) is 1.59. The monoisotopic (exact) mass is 382 g/mol. The molecule has 6 nitrogen and oxygen atoms in total. The van der Waals surface area contributed by atoms with Crippen molar-refractivity contribution in [2.45, 2.75) is 45.1 Å². The molecule has 1 saturated heterocycles. The molecule has 2 aromatic rings. The number of carboxylic acid groups (broad SMARTS) is 1. The zero-order chi connectivity index (χ0) is 20.3. The van der Waals surface area contributed by atoms with E-state index in [0.717, 1.165) is 29.8 Å². The van der Waals surface area contributed by atoms with Crippen molar-refractivity contribution < 1.29 is 19.4 Å². The molecule has 1 atom stereocenters. The highest BCUT2D eigenvalue weighted by Gasteiger charge is 2.29. The Morgan fingerprint density at radius 2 is 1.86 bits per heavy atom. The lowest BCUT2D eigenvalue weighted by Crippen LogP contribution is -2.42. The third kappa shape index (κ3) is 4.88. The smallest absolute Gasteiger partial charge is 0.410 e. The van der Waals surface area contributed by atoms with Crippen molar-refractivity contribution in [2.75, 3.05) is 13.1 Å². The van der Waals surface area contributed by atoms with E-state index in [1.807, 2.05) is 39.0 Å². The van der Waals surface area contributed by atoms with Gasteiger partial charge in [0.05, 0.1) is 11.3 Å². The van der Waals surface area contributed by atoms with Crippen LogP contribution in [0.1, 0.15) is 55.6 Å². The minimum atomic E-state index is -0.947. The summed E-state index contributed by atoms with van der Waals surface area (Å²) in [5, 5.41) is 9.04. The van der Waals surface area contributed by atoms with Gasteiger partial charge in [-0.05, 0) is 57.9 Å². The molecular weight excluding hydrogens is 356 g/mol. The maximum Gasteiger partial charge on any atom is 0.410 e. The lowest BCUT2D eigenvalue weighted by Gasteiger charge is -2.34. The summed E-state index contributed by atoms with van der Waals surface area (Å²) in [5.41, 5.74) is 2.34. The predicted molar refractivity (Wildman–Crippen MR) is 106 cm³/mol. The number of carbonyl (C=O) groups is 2. The lowest BCUT2D eigenvalue weighted by molar-refractivity contribution is 0.0197. The fourth-order valence-electron chi connectivity index (χ4n) is 3.33. The van der Waals surface area contributed by atoms with Crippen LogP contribution in [0.25, 0.3) is 11.3 Å². The molecular formula is C22H26N2O4. The van der Waals surface area contributed by atoms with E-state index in [1.54, 1.807) is 29.2 Å². The van der Waals surface area contributed by atoms with Crippen molar-refractivity contribution in [1.82, 2.24) is 9.88 Å². The van der Waals surface area contributed by atoms with Crippen molar-refractivity contribution in [1.29, 1.82) is 0 Å². The van der Waals surface area contributed by atoms with Crippen LogP contribution in [-0.2, 0) is 4.74 Å². The van der Waals surface area contributed by atoms with Crippen LogP contribution >= 0.6 is 0 Å². The second kappa shape index (κ2) is 8.00. The van der Waals surface area contributed by atoms with Gasteiger partial charge in [-0.2, -0.15) is 0 Å². The number of carbonyl (C=O) groups excluding carboxylic acids is 1. The van der Waals surface area contributed by atoms with Gasteiger partial charge in [0.2, 0.25) is 0 Å². The number of rotatable bonds is 3. The van der Waals surface area contributed by atoms with Crippen molar-refractivity contribution in [3.63, 3.8) is 0 Å². The van der Waals surface area contributed by atoms with Crippen LogP contribution in [0.3, 0.4) is 0 Å². The fraction of sp³-hybridized carbons (Fsp3) is 0.409. The van der Waals surface area contributed by atoms with E-state index in [-0.39, 0.29) is 17.6 Å². The molecule has 0 spiro atoms. The molecule has 1 amide bonds. The summed E-state index contributed by atoms with van der Waals surface area (Å²) in [4.78, 5) is 30.0. The molecule has 1 aliphatic heterocycles. The number of carboxylic acids is 1. The summed E-state index contributed by atoms with van der Waals surface area (Å²) in [6, 6.07) is 12.5. The summed E-state index contributed by atoms with van der Waals surface area (Å²) in [5.74, 6) is -0.794. The second-order valence-electron chi connectivity index (χ2n) is 8.10. The zero-order valence-corrected chi connectivity index (χ0v) is 16.5. The van der Waals surface area contributed by atoms with E-state index < -0.39 is 11.6 Å². The van der Waals surface area contributed by atoms with Gasteiger partial charge < -0.3 is 14.7 Å². The summed E-state index contributed by atoms with van der Waals surface area (Å²) < 4.78 is 5.50. The molecule has 3 rings (SSSR count). The van der Waals surface area contributed by atoms with Gasteiger partial charge in [-0.15, -0.1) is 0 Å². The lowest BCUT2D eigenvalue weighted by atomic mass is 9.94. The summed E-state index contributed by atoms with van der Waals surface area (Å²) in [6.45, 7) is 6.89. The maximum atomic E-state index is 12.4. The molecule has 28 heavy (non-hydrogen) atoms. The molecule has 6 heteroatoms. The van der Waals surface area contributed by atoms with Crippen molar-refractivity contribution in [3.8, 4) is 11.3 Å². The quantitative estimate of drug-likeness (QED) is 0.842. The van der Waals surface area contributed by atoms with Gasteiger partial charge in [0.25, 0.3) is 0 Å². The average Bonchev–Trinajstić information content (AvgIpc) is 2.67. The standard InChI is InChI=1S/C22H26N2O4/c1-22(2,3)28-21(27)24-13-5-6-17(14-24)19-8-4-7-18(23-19)15-9-11-16(12-10-15)20(25)26/h4,7-12,17H,5-6,13-14H2,1-3H3,(H,25,26)/t17-/m1/s1. The number of hydrogen-bond acceptors (Lipinski definition) is 4. The molecule has 1 aromatic carbocycles. The number of hydrogen-bond donors (Lipinski definition) is 1. The van der Waals surface area contributed by atoms with Crippen LogP contribution in [0, 0.1) is 0 Å². The molecule has 1 N–H and O–H groups in total. The van der Waals surface area contributed by atoms with Gasteiger partial charge in [-0.25, -0.2) is 9.59 Å². The highest BCUT2D eigenvalue weighted by atomic mass is 16.6. The predicted octanol–water partition coefficient (Wildman–Crippen LogP) is 4.56. The second-order valence-corrected chi connectivity index (χ2v) is 8.10. The Hall–Kier alpha value is -2.89. The van der Waals surface area contributed by atoms with Crippen LogP contribution in [0.5, 0.6) is 0 Å². The number of piperidine rings is 1. The number of ether oxygens (including phenoxy) is 1. The molecule has 1 fully saturated rings. The number of benzene rings is 1. The first-order valence-electron chi connectivity index (χ1n) is 9.51. The molecule has 0 saturated carbocycles. The van der Waals surface area contributed by atoms with Crippen LogP contribution in [0.15, 0.2) is 42.5 Å². The number of aromatic carboxylic acids is 1. The first-order chi connectivity index (χ1) is 13.2. The van der Waals surface area contributed by atoms with Gasteiger partial charge in [0.15, 0.2) is 0 Å². The molecule has 1 aromatic heterocycles. The molecule has 0 bridgehead atoms. The van der Waals surface area contributed by atoms with Crippen LogP contribution in [-0.4, -0.2) is 45.7 Å². The average molecular weight is 382 g/mol. The Labute approximate surface area is 165 Å². The van der Waals surface area contributed by atoms with Crippen LogP contribution < -0.4 is 0 Å². The zero-order valence-electron chi connectivity index (χ0n) is 16.5. The Kier molecular flexibility index (Phi) is 5.68. The molecule has 148 valence electrons. The normalized spacial score (nSPS) is 17.2. The van der Waals surface area contributed by atoms with E-state index in [2.05, 4.69) is 0 Å². The van der Waals surface area contributed by atoms with Crippen molar-refractivity contribution >= 4 is 12.1 Å². The highest BCUT2D eigenvalue weighted by molar-refractivity contribution is 5.88. The number of amides is 1. The Bertz CT molecular complexity index is 856. The van der Waals surface area contributed by atoms with E-state index in [4.69, 9.17) is 14.8 Å². The molecule has 2 heterocycles. The van der Waals surface area contributed by atoms with Gasteiger partial charge in [0, 0.05) is 30.3 Å². The Balaban J connectivity index is 1.76. The fourth-order valence-corrected chi connectivity index (χ4v) is 3.33. The highest BCUT2D eigenvalue weighted by Crippen LogP contribution is 2.28. The molecule has 1 aliphatic rings.